The third-order valence-electron chi connectivity index (χ3n) is 4.81. The first kappa shape index (κ1) is 16.1. The predicted molar refractivity (Wildman–Crippen MR) is 83.9 cm³/mol. The largest absolute Gasteiger partial charge is 0.497 e. The summed E-state index contributed by atoms with van der Waals surface area (Å²) < 4.78 is 10.8. The summed E-state index contributed by atoms with van der Waals surface area (Å²) in [5, 5.41) is 9.27. The fourth-order valence-electron chi connectivity index (χ4n) is 3.47. The quantitative estimate of drug-likeness (QED) is 0.846. The number of ether oxygens (including phenoxy) is 2. The van der Waals surface area contributed by atoms with Gasteiger partial charge in [0, 0.05) is 18.6 Å². The zero-order chi connectivity index (χ0) is 15.2. The molecule has 1 atom stereocenters. The third kappa shape index (κ3) is 3.69. The number of nitrogens with two attached hydrogens (primary N) is 1. The molecule has 0 aromatic heterocycles. The van der Waals surface area contributed by atoms with Crippen molar-refractivity contribution in [3.8, 4) is 11.5 Å². The highest BCUT2D eigenvalue weighted by Crippen LogP contribution is 2.41. The lowest BCUT2D eigenvalue weighted by Crippen LogP contribution is -2.27. The molecular formula is C17H27NO3. The van der Waals surface area contributed by atoms with E-state index in [0.29, 0.717) is 30.9 Å². The number of methoxy groups -OCH3 is 2. The molecule has 1 unspecified atom stereocenters. The maximum absolute atomic E-state index is 9.27. The zero-order valence-electron chi connectivity index (χ0n) is 13.0. The number of aliphatic hydroxyl groups excluding tert-OH is 1. The van der Waals surface area contributed by atoms with Gasteiger partial charge in [-0.2, -0.15) is 0 Å². The van der Waals surface area contributed by atoms with Gasteiger partial charge in [0.2, 0.25) is 0 Å². The van der Waals surface area contributed by atoms with E-state index < -0.39 is 0 Å². The molecule has 4 heteroatoms. The van der Waals surface area contributed by atoms with Gasteiger partial charge >= 0.3 is 0 Å². The number of hydrogen-bond acceptors (Lipinski definition) is 4. The predicted octanol–water partition coefficient (Wildman–Crippen LogP) is 2.54. The van der Waals surface area contributed by atoms with Crippen LogP contribution in [-0.4, -0.2) is 32.5 Å². The molecule has 1 saturated carbocycles. The molecule has 0 bridgehead atoms. The molecule has 0 heterocycles. The van der Waals surface area contributed by atoms with Gasteiger partial charge in [-0.15, -0.1) is 0 Å². The lowest BCUT2D eigenvalue weighted by molar-refractivity contribution is 0.157. The second kappa shape index (κ2) is 7.66. The Balaban J connectivity index is 2.17. The van der Waals surface area contributed by atoms with Gasteiger partial charge in [0.05, 0.1) is 14.2 Å². The standard InChI is InChI=1S/C17H27NO3/c1-20-14-7-8-15(17(9-14)21-2)16(10-18)13-5-3-12(11-19)4-6-13/h7-9,12-13,16,19H,3-6,10-11,18H2,1-2H3. The fourth-order valence-corrected chi connectivity index (χ4v) is 3.47. The van der Waals surface area contributed by atoms with E-state index >= 15 is 0 Å². The van der Waals surface area contributed by atoms with Crippen molar-refractivity contribution in [2.24, 2.45) is 17.6 Å². The maximum Gasteiger partial charge on any atom is 0.126 e. The summed E-state index contributed by atoms with van der Waals surface area (Å²) in [7, 11) is 3.35. The highest BCUT2D eigenvalue weighted by molar-refractivity contribution is 5.43. The Bertz CT molecular complexity index is 442. The van der Waals surface area contributed by atoms with Crippen molar-refractivity contribution in [3.63, 3.8) is 0 Å². The molecule has 1 aromatic rings. The number of aliphatic hydroxyl groups is 1. The number of rotatable bonds is 6. The van der Waals surface area contributed by atoms with Crippen LogP contribution >= 0.6 is 0 Å². The first-order valence-corrected chi connectivity index (χ1v) is 7.76. The van der Waals surface area contributed by atoms with Gasteiger partial charge in [-0.1, -0.05) is 6.07 Å². The zero-order valence-corrected chi connectivity index (χ0v) is 13.0. The van der Waals surface area contributed by atoms with E-state index in [-0.39, 0.29) is 0 Å². The Morgan fingerprint density at radius 1 is 1.19 bits per heavy atom. The lowest BCUT2D eigenvalue weighted by atomic mass is 9.73. The summed E-state index contributed by atoms with van der Waals surface area (Å²) in [5.41, 5.74) is 7.24. The van der Waals surface area contributed by atoms with E-state index in [9.17, 15) is 5.11 Å². The van der Waals surface area contributed by atoms with Crippen molar-refractivity contribution in [2.75, 3.05) is 27.4 Å². The Kier molecular flexibility index (Phi) is 5.88. The van der Waals surface area contributed by atoms with Crippen LogP contribution in [0, 0.1) is 11.8 Å². The molecule has 0 spiro atoms. The molecule has 0 amide bonds. The second-order valence-corrected chi connectivity index (χ2v) is 5.91. The monoisotopic (exact) mass is 293 g/mol. The topological polar surface area (TPSA) is 64.7 Å². The minimum absolute atomic E-state index is 0.311. The Morgan fingerprint density at radius 3 is 2.43 bits per heavy atom. The smallest absolute Gasteiger partial charge is 0.126 e. The molecule has 1 aliphatic rings. The molecule has 2 rings (SSSR count). The van der Waals surface area contributed by atoms with E-state index in [0.717, 1.165) is 37.2 Å². The SMILES string of the molecule is COc1ccc(C(CN)C2CCC(CO)CC2)c(OC)c1. The summed E-state index contributed by atoms with van der Waals surface area (Å²) >= 11 is 0. The van der Waals surface area contributed by atoms with Crippen LogP contribution in [0.15, 0.2) is 18.2 Å². The minimum Gasteiger partial charge on any atom is -0.497 e. The van der Waals surface area contributed by atoms with Gasteiger partial charge in [0.25, 0.3) is 0 Å². The van der Waals surface area contributed by atoms with E-state index in [1.54, 1.807) is 14.2 Å². The van der Waals surface area contributed by atoms with E-state index in [1.807, 2.05) is 12.1 Å². The molecule has 3 N–H and O–H groups in total. The molecule has 118 valence electrons. The molecule has 0 aliphatic heterocycles. The van der Waals surface area contributed by atoms with E-state index in [1.165, 1.54) is 5.56 Å². The summed E-state index contributed by atoms with van der Waals surface area (Å²) in [6.07, 6.45) is 4.44. The van der Waals surface area contributed by atoms with Crippen LogP contribution in [-0.2, 0) is 0 Å². The molecule has 0 saturated heterocycles. The average molecular weight is 293 g/mol. The fraction of sp³-hybridized carbons (Fsp3) is 0.647. The molecule has 1 fully saturated rings. The van der Waals surface area contributed by atoms with Crippen LogP contribution in [0.3, 0.4) is 0 Å². The van der Waals surface area contributed by atoms with Gasteiger partial charge in [-0.25, -0.2) is 0 Å². The maximum atomic E-state index is 9.27. The van der Waals surface area contributed by atoms with Gasteiger partial charge in [-0.05, 0) is 55.7 Å². The van der Waals surface area contributed by atoms with Crippen LogP contribution in [0.1, 0.15) is 37.2 Å². The molecule has 1 aromatic carbocycles. The van der Waals surface area contributed by atoms with Crippen molar-refractivity contribution in [1.82, 2.24) is 0 Å². The van der Waals surface area contributed by atoms with Crippen LogP contribution in [0.25, 0.3) is 0 Å². The van der Waals surface area contributed by atoms with Crippen LogP contribution in [0.2, 0.25) is 0 Å². The van der Waals surface area contributed by atoms with Crippen molar-refractivity contribution in [2.45, 2.75) is 31.6 Å². The summed E-state index contributed by atoms with van der Waals surface area (Å²) in [6.45, 7) is 0.934. The highest BCUT2D eigenvalue weighted by Gasteiger charge is 2.29. The normalized spacial score (nSPS) is 23.6. The van der Waals surface area contributed by atoms with Gasteiger partial charge in [0.15, 0.2) is 0 Å². The summed E-state index contributed by atoms with van der Waals surface area (Å²) in [4.78, 5) is 0. The summed E-state index contributed by atoms with van der Waals surface area (Å²) in [5.74, 6) is 3.01. The Hall–Kier alpha value is -1.26. The van der Waals surface area contributed by atoms with Crippen LogP contribution < -0.4 is 15.2 Å². The van der Waals surface area contributed by atoms with Crippen LogP contribution in [0.5, 0.6) is 11.5 Å². The Labute approximate surface area is 127 Å². The van der Waals surface area contributed by atoms with E-state index in [4.69, 9.17) is 15.2 Å². The number of benzene rings is 1. The van der Waals surface area contributed by atoms with Crippen molar-refractivity contribution >= 4 is 0 Å². The van der Waals surface area contributed by atoms with Crippen molar-refractivity contribution in [3.05, 3.63) is 23.8 Å². The van der Waals surface area contributed by atoms with Crippen LogP contribution in [0.4, 0.5) is 0 Å². The number of hydrogen-bond donors (Lipinski definition) is 2. The van der Waals surface area contributed by atoms with Gasteiger partial charge in [-0.3, -0.25) is 0 Å². The Morgan fingerprint density at radius 2 is 1.90 bits per heavy atom. The molecule has 21 heavy (non-hydrogen) atoms. The van der Waals surface area contributed by atoms with Crippen molar-refractivity contribution < 1.29 is 14.6 Å². The molecule has 0 radical (unpaired) electrons. The summed E-state index contributed by atoms with van der Waals surface area (Å²) in [6, 6.07) is 5.98. The second-order valence-electron chi connectivity index (χ2n) is 5.91. The van der Waals surface area contributed by atoms with Gasteiger partial charge in [0.1, 0.15) is 11.5 Å². The molecule has 4 nitrogen and oxygen atoms in total. The highest BCUT2D eigenvalue weighted by atomic mass is 16.5. The first-order valence-electron chi connectivity index (χ1n) is 7.76. The minimum atomic E-state index is 0.311. The third-order valence-corrected chi connectivity index (χ3v) is 4.81. The first-order chi connectivity index (χ1) is 10.2. The average Bonchev–Trinajstić information content (AvgIpc) is 2.56. The molecule has 1 aliphatic carbocycles. The molecular weight excluding hydrogens is 266 g/mol. The lowest BCUT2D eigenvalue weighted by Gasteiger charge is -2.33. The van der Waals surface area contributed by atoms with Crippen molar-refractivity contribution in [1.29, 1.82) is 0 Å². The van der Waals surface area contributed by atoms with Gasteiger partial charge < -0.3 is 20.3 Å². The van der Waals surface area contributed by atoms with E-state index in [2.05, 4.69) is 6.07 Å².